The summed E-state index contributed by atoms with van der Waals surface area (Å²) in [5.41, 5.74) is 3.42. The number of amides is 1. The second-order valence-electron chi connectivity index (χ2n) is 6.12. The van der Waals surface area contributed by atoms with Gasteiger partial charge in [-0.15, -0.1) is 0 Å². The third kappa shape index (κ3) is 3.96. The van der Waals surface area contributed by atoms with Gasteiger partial charge >= 0.3 is 6.09 Å². The van der Waals surface area contributed by atoms with Gasteiger partial charge in [0.05, 0.1) is 17.3 Å². The molecule has 5 nitrogen and oxygen atoms in total. The summed E-state index contributed by atoms with van der Waals surface area (Å²) in [5, 5.41) is 10.7. The fourth-order valence-electron chi connectivity index (χ4n) is 2.78. The summed E-state index contributed by atoms with van der Waals surface area (Å²) >= 11 is 3.50. The van der Waals surface area contributed by atoms with Crippen LogP contribution in [0.15, 0.2) is 40.9 Å². The van der Waals surface area contributed by atoms with Gasteiger partial charge in [-0.05, 0) is 70.9 Å². The minimum absolute atomic E-state index is 0.248. The van der Waals surface area contributed by atoms with Crippen molar-refractivity contribution < 1.29 is 19.5 Å². The van der Waals surface area contributed by atoms with Crippen molar-refractivity contribution in [1.82, 2.24) is 0 Å². The number of hydrogen-bond acceptors (Lipinski definition) is 4. The van der Waals surface area contributed by atoms with Crippen molar-refractivity contribution in [2.45, 2.75) is 32.3 Å². The molecule has 3 rings (SSSR count). The molecule has 2 aromatic rings. The van der Waals surface area contributed by atoms with Gasteiger partial charge in [-0.2, -0.15) is 5.06 Å². The first-order valence-electron chi connectivity index (χ1n) is 8.09. The fraction of sp³-hybridized carbons (Fsp3) is 0.316. The Balaban J connectivity index is 1.91. The number of hydrogen-bond donors (Lipinski definition) is 1. The third-order valence-corrected chi connectivity index (χ3v) is 4.86. The zero-order valence-electron chi connectivity index (χ0n) is 14.2. The number of rotatable bonds is 5. The molecule has 0 aromatic heterocycles. The summed E-state index contributed by atoms with van der Waals surface area (Å²) in [7, 11) is 1.23. The average molecular weight is 406 g/mol. The molecule has 0 aliphatic heterocycles. The SMILES string of the molecule is COC(=O)N(O)c1cccc(C2CC2)c1COc1ccc(C)cc1Br. The normalized spacial score (nSPS) is 13.4. The average Bonchev–Trinajstić information content (AvgIpc) is 3.44. The van der Waals surface area contributed by atoms with Crippen molar-refractivity contribution in [1.29, 1.82) is 0 Å². The van der Waals surface area contributed by atoms with Crippen LogP contribution in [-0.4, -0.2) is 18.4 Å². The molecule has 1 N–H and O–H groups in total. The predicted octanol–water partition coefficient (Wildman–Crippen LogP) is 5.18. The summed E-state index contributed by atoms with van der Waals surface area (Å²) in [6.07, 6.45) is 1.38. The lowest BCUT2D eigenvalue weighted by Crippen LogP contribution is -2.28. The molecule has 6 heteroatoms. The van der Waals surface area contributed by atoms with E-state index in [-0.39, 0.29) is 6.61 Å². The molecule has 0 unspecified atom stereocenters. The van der Waals surface area contributed by atoms with Crippen LogP contribution in [0.3, 0.4) is 0 Å². The van der Waals surface area contributed by atoms with Crippen LogP contribution >= 0.6 is 15.9 Å². The first-order chi connectivity index (χ1) is 12.0. The molecular formula is C19H20BrNO4. The van der Waals surface area contributed by atoms with Crippen molar-refractivity contribution in [2.75, 3.05) is 12.2 Å². The van der Waals surface area contributed by atoms with E-state index in [0.717, 1.165) is 34.0 Å². The van der Waals surface area contributed by atoms with E-state index in [2.05, 4.69) is 20.7 Å². The number of methoxy groups -OCH3 is 1. The van der Waals surface area contributed by atoms with Crippen LogP contribution < -0.4 is 9.80 Å². The molecule has 25 heavy (non-hydrogen) atoms. The van der Waals surface area contributed by atoms with Crippen LogP contribution in [0.2, 0.25) is 0 Å². The summed E-state index contributed by atoms with van der Waals surface area (Å²) in [4.78, 5) is 11.7. The molecule has 1 saturated carbocycles. The maximum Gasteiger partial charge on any atom is 0.438 e. The molecule has 0 spiro atoms. The van der Waals surface area contributed by atoms with Gasteiger partial charge in [0.15, 0.2) is 0 Å². The standard InChI is InChI=1S/C19H20BrNO4/c1-12-6-9-18(16(20)10-12)25-11-15-14(13-7-8-13)4-3-5-17(15)21(23)19(22)24-2/h3-6,9-10,13,23H,7-8,11H2,1-2H3. The highest BCUT2D eigenvalue weighted by atomic mass is 79.9. The Morgan fingerprint density at radius 1 is 1.32 bits per heavy atom. The van der Waals surface area contributed by atoms with Crippen LogP contribution in [0.4, 0.5) is 10.5 Å². The van der Waals surface area contributed by atoms with Gasteiger partial charge in [0.25, 0.3) is 0 Å². The van der Waals surface area contributed by atoms with Gasteiger partial charge in [0, 0.05) is 5.56 Å². The molecule has 132 valence electrons. The minimum atomic E-state index is -0.828. The molecule has 0 heterocycles. The van der Waals surface area contributed by atoms with Crippen LogP contribution in [0.25, 0.3) is 0 Å². The summed E-state index contributed by atoms with van der Waals surface area (Å²) in [5.74, 6) is 1.16. The summed E-state index contributed by atoms with van der Waals surface area (Å²) in [6.45, 7) is 2.26. The Morgan fingerprint density at radius 3 is 2.72 bits per heavy atom. The van der Waals surface area contributed by atoms with E-state index in [1.807, 2.05) is 37.3 Å². The molecule has 0 bridgehead atoms. The van der Waals surface area contributed by atoms with Crippen molar-refractivity contribution >= 4 is 27.7 Å². The van der Waals surface area contributed by atoms with Gasteiger partial charge in [-0.25, -0.2) is 4.79 Å². The highest BCUT2D eigenvalue weighted by Gasteiger charge is 2.29. The first-order valence-corrected chi connectivity index (χ1v) is 8.88. The highest BCUT2D eigenvalue weighted by molar-refractivity contribution is 9.10. The first kappa shape index (κ1) is 17.8. The molecule has 2 aromatic carbocycles. The minimum Gasteiger partial charge on any atom is -0.488 e. The highest BCUT2D eigenvalue weighted by Crippen LogP contribution is 2.44. The number of carbonyl (C=O) groups is 1. The second-order valence-corrected chi connectivity index (χ2v) is 6.98. The Labute approximate surface area is 155 Å². The quantitative estimate of drug-likeness (QED) is 0.550. The number of carbonyl (C=O) groups excluding carboxylic acids is 1. The lowest BCUT2D eigenvalue weighted by atomic mass is 10.0. The lowest BCUT2D eigenvalue weighted by molar-refractivity contribution is 0.140. The van der Waals surface area contributed by atoms with Crippen LogP contribution in [0.5, 0.6) is 5.75 Å². The van der Waals surface area contributed by atoms with Gasteiger partial charge in [0.2, 0.25) is 0 Å². The van der Waals surface area contributed by atoms with E-state index < -0.39 is 6.09 Å². The predicted molar refractivity (Wildman–Crippen MR) is 98.3 cm³/mol. The Hall–Kier alpha value is -2.05. The van der Waals surface area contributed by atoms with E-state index in [0.29, 0.717) is 22.4 Å². The second kappa shape index (κ2) is 7.45. The van der Waals surface area contributed by atoms with Crippen molar-refractivity contribution in [2.24, 2.45) is 0 Å². The number of hydroxylamine groups is 1. The largest absolute Gasteiger partial charge is 0.488 e. The third-order valence-electron chi connectivity index (χ3n) is 4.24. The lowest BCUT2D eigenvalue weighted by Gasteiger charge is -2.20. The van der Waals surface area contributed by atoms with Crippen LogP contribution in [0.1, 0.15) is 35.4 Å². The van der Waals surface area contributed by atoms with Crippen LogP contribution in [0, 0.1) is 6.92 Å². The van der Waals surface area contributed by atoms with E-state index >= 15 is 0 Å². The molecule has 0 radical (unpaired) electrons. The summed E-state index contributed by atoms with van der Waals surface area (Å²) in [6, 6.07) is 11.4. The Kier molecular flexibility index (Phi) is 5.30. The van der Waals surface area contributed by atoms with E-state index in [9.17, 15) is 10.0 Å². The fourth-order valence-corrected chi connectivity index (χ4v) is 3.39. The molecular weight excluding hydrogens is 386 g/mol. The maximum atomic E-state index is 11.7. The molecule has 0 saturated heterocycles. The van der Waals surface area contributed by atoms with Crippen molar-refractivity contribution in [3.8, 4) is 5.75 Å². The van der Waals surface area contributed by atoms with Gasteiger partial charge in [-0.3, -0.25) is 5.21 Å². The number of nitrogens with zero attached hydrogens (tertiary/aromatic N) is 1. The molecule has 1 aliphatic carbocycles. The van der Waals surface area contributed by atoms with Gasteiger partial charge in [0.1, 0.15) is 12.4 Å². The zero-order chi connectivity index (χ0) is 18.0. The number of halogens is 1. The van der Waals surface area contributed by atoms with Crippen LogP contribution in [-0.2, 0) is 11.3 Å². The number of anilines is 1. The topological polar surface area (TPSA) is 59.0 Å². The number of aryl methyl sites for hydroxylation is 1. The van der Waals surface area contributed by atoms with E-state index in [1.165, 1.54) is 7.11 Å². The smallest absolute Gasteiger partial charge is 0.438 e. The molecule has 1 fully saturated rings. The Bertz CT molecular complexity index is 789. The monoisotopic (exact) mass is 405 g/mol. The Morgan fingerprint density at radius 2 is 2.08 bits per heavy atom. The van der Waals surface area contributed by atoms with E-state index in [1.54, 1.807) is 6.07 Å². The molecule has 0 atom stereocenters. The van der Waals surface area contributed by atoms with Gasteiger partial charge < -0.3 is 9.47 Å². The molecule has 1 amide bonds. The zero-order valence-corrected chi connectivity index (χ0v) is 15.7. The number of ether oxygens (including phenoxy) is 2. The van der Waals surface area contributed by atoms with Crippen molar-refractivity contribution in [3.63, 3.8) is 0 Å². The maximum absolute atomic E-state index is 11.7. The van der Waals surface area contributed by atoms with Gasteiger partial charge in [-0.1, -0.05) is 18.2 Å². The molecule has 1 aliphatic rings. The van der Waals surface area contributed by atoms with E-state index in [4.69, 9.17) is 4.74 Å². The van der Waals surface area contributed by atoms with Crippen molar-refractivity contribution in [3.05, 3.63) is 57.6 Å². The summed E-state index contributed by atoms with van der Waals surface area (Å²) < 4.78 is 11.5. The number of benzene rings is 2.